The van der Waals surface area contributed by atoms with Gasteiger partial charge in [0.1, 0.15) is 5.75 Å². The van der Waals surface area contributed by atoms with Crippen LogP contribution >= 0.6 is 0 Å². The molecule has 0 spiro atoms. The van der Waals surface area contributed by atoms with E-state index < -0.39 is 0 Å². The fourth-order valence-electron chi connectivity index (χ4n) is 1.45. The maximum absolute atomic E-state index is 11.6. The van der Waals surface area contributed by atoms with Gasteiger partial charge in [0.05, 0.1) is 18.8 Å². The van der Waals surface area contributed by atoms with Crippen molar-refractivity contribution in [3.63, 3.8) is 0 Å². The van der Waals surface area contributed by atoms with Crippen molar-refractivity contribution >= 4 is 17.5 Å². The minimum atomic E-state index is -0.338. The Bertz CT molecular complexity index is 460. The number of benzene rings is 1. The van der Waals surface area contributed by atoms with E-state index in [2.05, 4.69) is 10.6 Å². The molecule has 0 aliphatic rings. The highest BCUT2D eigenvalue weighted by Gasteiger charge is 2.11. The molecule has 0 fully saturated rings. The van der Waals surface area contributed by atoms with Crippen molar-refractivity contribution in [1.82, 2.24) is 5.32 Å². The Kier molecular flexibility index (Phi) is 5.81. The number of nitrogens with two attached hydrogens (primary N) is 1. The first-order valence-corrected chi connectivity index (χ1v) is 6.11. The molecule has 6 heteroatoms. The molecule has 1 rings (SSSR count). The summed E-state index contributed by atoms with van der Waals surface area (Å²) in [5, 5.41) is 5.14. The molecule has 0 radical (unpaired) electrons. The molecule has 0 aliphatic carbocycles. The smallest absolute Gasteiger partial charge is 0.251 e. The van der Waals surface area contributed by atoms with Crippen LogP contribution in [0.5, 0.6) is 5.75 Å². The van der Waals surface area contributed by atoms with Gasteiger partial charge in [-0.25, -0.2) is 0 Å². The van der Waals surface area contributed by atoms with Crippen LogP contribution in [0, 0.1) is 0 Å². The number of ether oxygens (including phenoxy) is 1. The average Bonchev–Trinajstić information content (AvgIpc) is 2.44. The lowest BCUT2D eigenvalue weighted by atomic mass is 10.1. The summed E-state index contributed by atoms with van der Waals surface area (Å²) < 4.78 is 5.51. The van der Waals surface area contributed by atoms with Gasteiger partial charge in [-0.2, -0.15) is 0 Å². The first-order chi connectivity index (χ1) is 9.12. The molecule has 0 bridgehead atoms. The second kappa shape index (κ2) is 7.38. The number of nitrogens with one attached hydrogen (secondary N) is 2. The summed E-state index contributed by atoms with van der Waals surface area (Å²) in [6, 6.07) is 4.87. The lowest BCUT2D eigenvalue weighted by molar-refractivity contribution is -0.114. The van der Waals surface area contributed by atoms with Gasteiger partial charge in [-0.05, 0) is 24.6 Å². The summed E-state index contributed by atoms with van der Waals surface area (Å²) in [6.07, 6.45) is 0.849. The molecule has 1 aromatic rings. The summed E-state index contributed by atoms with van der Waals surface area (Å²) in [5.41, 5.74) is 6.15. The zero-order valence-corrected chi connectivity index (χ0v) is 11.2. The SMILES string of the molecule is CCCOc1ccc(C(=O)NC)cc1NC(=O)CN. The molecule has 0 saturated heterocycles. The van der Waals surface area contributed by atoms with Gasteiger partial charge in [0.2, 0.25) is 5.91 Å². The third-order valence-corrected chi connectivity index (χ3v) is 2.39. The molecule has 0 aromatic heterocycles. The van der Waals surface area contributed by atoms with Gasteiger partial charge in [-0.1, -0.05) is 6.92 Å². The van der Waals surface area contributed by atoms with Crippen molar-refractivity contribution in [2.75, 3.05) is 25.5 Å². The Labute approximate surface area is 112 Å². The number of amides is 2. The lowest BCUT2D eigenvalue weighted by Crippen LogP contribution is -2.23. The highest BCUT2D eigenvalue weighted by molar-refractivity contribution is 5.98. The van der Waals surface area contributed by atoms with Crippen LogP contribution in [-0.4, -0.2) is 32.0 Å². The Morgan fingerprint density at radius 1 is 1.37 bits per heavy atom. The zero-order chi connectivity index (χ0) is 14.3. The molecule has 104 valence electrons. The zero-order valence-electron chi connectivity index (χ0n) is 11.2. The molecular formula is C13H19N3O3. The maximum atomic E-state index is 11.6. The molecule has 0 aliphatic heterocycles. The van der Waals surface area contributed by atoms with Crippen LogP contribution in [0.4, 0.5) is 5.69 Å². The van der Waals surface area contributed by atoms with Gasteiger partial charge >= 0.3 is 0 Å². The summed E-state index contributed by atoms with van der Waals surface area (Å²) in [5.74, 6) is -0.0444. The van der Waals surface area contributed by atoms with Crippen molar-refractivity contribution in [2.24, 2.45) is 5.73 Å². The highest BCUT2D eigenvalue weighted by atomic mass is 16.5. The van der Waals surface area contributed by atoms with E-state index in [0.29, 0.717) is 23.6 Å². The van der Waals surface area contributed by atoms with E-state index in [1.807, 2.05) is 6.92 Å². The van der Waals surface area contributed by atoms with E-state index in [0.717, 1.165) is 6.42 Å². The third-order valence-electron chi connectivity index (χ3n) is 2.39. The minimum absolute atomic E-state index is 0.128. The van der Waals surface area contributed by atoms with Crippen molar-refractivity contribution in [3.8, 4) is 5.75 Å². The van der Waals surface area contributed by atoms with Crippen LogP contribution < -0.4 is 21.1 Å². The van der Waals surface area contributed by atoms with Crippen LogP contribution in [0.1, 0.15) is 23.7 Å². The van der Waals surface area contributed by atoms with Crippen LogP contribution in [-0.2, 0) is 4.79 Å². The number of hydrogen-bond acceptors (Lipinski definition) is 4. The predicted octanol–water partition coefficient (Wildman–Crippen LogP) is 0.732. The molecule has 4 N–H and O–H groups in total. The molecule has 1 aromatic carbocycles. The molecular weight excluding hydrogens is 246 g/mol. The topological polar surface area (TPSA) is 93.5 Å². The van der Waals surface area contributed by atoms with E-state index in [1.165, 1.54) is 0 Å². The van der Waals surface area contributed by atoms with Gasteiger partial charge in [-0.3, -0.25) is 9.59 Å². The number of rotatable bonds is 6. The molecule has 2 amide bonds. The monoisotopic (exact) mass is 265 g/mol. The fraction of sp³-hybridized carbons (Fsp3) is 0.385. The summed E-state index contributed by atoms with van der Waals surface area (Å²) in [6.45, 7) is 2.39. The molecule has 0 atom stereocenters. The van der Waals surface area contributed by atoms with E-state index in [-0.39, 0.29) is 18.4 Å². The van der Waals surface area contributed by atoms with Gasteiger partial charge in [0.25, 0.3) is 5.91 Å². The second-order valence-electron chi connectivity index (χ2n) is 3.89. The first kappa shape index (κ1) is 15.0. The van der Waals surface area contributed by atoms with Crippen LogP contribution in [0.25, 0.3) is 0 Å². The Balaban J connectivity index is 3.02. The predicted molar refractivity (Wildman–Crippen MR) is 73.3 cm³/mol. The highest BCUT2D eigenvalue weighted by Crippen LogP contribution is 2.26. The van der Waals surface area contributed by atoms with Crippen LogP contribution in [0.15, 0.2) is 18.2 Å². The van der Waals surface area contributed by atoms with Gasteiger partial charge in [-0.15, -0.1) is 0 Å². The number of carbonyl (C=O) groups is 2. The van der Waals surface area contributed by atoms with Gasteiger partial charge in [0, 0.05) is 12.6 Å². The summed E-state index contributed by atoms with van der Waals surface area (Å²) in [4.78, 5) is 22.9. The molecule has 6 nitrogen and oxygen atoms in total. The van der Waals surface area contributed by atoms with E-state index in [1.54, 1.807) is 25.2 Å². The normalized spacial score (nSPS) is 9.84. The Morgan fingerprint density at radius 2 is 2.11 bits per heavy atom. The van der Waals surface area contributed by atoms with Crippen LogP contribution in [0.2, 0.25) is 0 Å². The maximum Gasteiger partial charge on any atom is 0.251 e. The van der Waals surface area contributed by atoms with E-state index >= 15 is 0 Å². The quantitative estimate of drug-likeness (QED) is 0.707. The van der Waals surface area contributed by atoms with Gasteiger partial charge in [0.15, 0.2) is 0 Å². The second-order valence-corrected chi connectivity index (χ2v) is 3.89. The lowest BCUT2D eigenvalue weighted by Gasteiger charge is -2.13. The van der Waals surface area contributed by atoms with E-state index in [9.17, 15) is 9.59 Å². The van der Waals surface area contributed by atoms with Crippen LogP contribution in [0.3, 0.4) is 0 Å². The molecule has 0 saturated carbocycles. The summed E-state index contributed by atoms with van der Waals surface area (Å²) in [7, 11) is 1.54. The van der Waals surface area contributed by atoms with Crippen molar-refractivity contribution in [1.29, 1.82) is 0 Å². The first-order valence-electron chi connectivity index (χ1n) is 6.11. The van der Waals surface area contributed by atoms with E-state index in [4.69, 9.17) is 10.5 Å². The Hall–Kier alpha value is -2.08. The molecule has 0 unspecified atom stereocenters. The Morgan fingerprint density at radius 3 is 2.68 bits per heavy atom. The standard InChI is InChI=1S/C13H19N3O3/c1-3-6-19-11-5-4-9(13(18)15-2)7-10(11)16-12(17)8-14/h4-5,7H,3,6,8,14H2,1-2H3,(H,15,18)(H,16,17). The molecule has 0 heterocycles. The summed E-state index contributed by atoms with van der Waals surface area (Å²) >= 11 is 0. The molecule has 19 heavy (non-hydrogen) atoms. The van der Waals surface area contributed by atoms with Crippen molar-refractivity contribution in [3.05, 3.63) is 23.8 Å². The fourth-order valence-corrected chi connectivity index (χ4v) is 1.45. The number of hydrogen-bond donors (Lipinski definition) is 3. The average molecular weight is 265 g/mol. The van der Waals surface area contributed by atoms with Crippen molar-refractivity contribution < 1.29 is 14.3 Å². The number of anilines is 1. The van der Waals surface area contributed by atoms with Gasteiger partial charge < -0.3 is 21.1 Å². The third kappa shape index (κ3) is 4.26. The largest absolute Gasteiger partial charge is 0.491 e. The van der Waals surface area contributed by atoms with Crippen molar-refractivity contribution in [2.45, 2.75) is 13.3 Å². The minimum Gasteiger partial charge on any atom is -0.491 e. The number of carbonyl (C=O) groups excluding carboxylic acids is 2.